The van der Waals surface area contributed by atoms with Gasteiger partial charge in [-0.3, -0.25) is 4.79 Å². The predicted octanol–water partition coefficient (Wildman–Crippen LogP) is 0.819. The highest BCUT2D eigenvalue weighted by Crippen LogP contribution is 2.28. The fourth-order valence-electron chi connectivity index (χ4n) is 2.38. The zero-order chi connectivity index (χ0) is 13.8. The third-order valence-corrected chi connectivity index (χ3v) is 3.68. The number of carbonyl (C=O) groups excluding carboxylic acids is 2. The highest BCUT2D eigenvalue weighted by Gasteiger charge is 2.34. The van der Waals surface area contributed by atoms with Gasteiger partial charge in [-0.05, 0) is 52.0 Å². The van der Waals surface area contributed by atoms with Gasteiger partial charge in [-0.2, -0.15) is 0 Å². The molecule has 0 aromatic rings. The number of hydrogen-bond acceptors (Lipinski definition) is 4. The second-order valence-electron chi connectivity index (χ2n) is 5.56. The maximum atomic E-state index is 12.1. The molecule has 0 spiro atoms. The van der Waals surface area contributed by atoms with Crippen LogP contribution in [0.25, 0.3) is 0 Å². The summed E-state index contributed by atoms with van der Waals surface area (Å²) in [4.78, 5) is 23.6. The summed E-state index contributed by atoms with van der Waals surface area (Å²) in [5.74, 6) is 0.0618. The first-order chi connectivity index (χ1) is 8.40. The van der Waals surface area contributed by atoms with E-state index in [1.165, 1.54) is 7.11 Å². The van der Waals surface area contributed by atoms with Gasteiger partial charge < -0.3 is 15.8 Å². The van der Waals surface area contributed by atoms with Crippen molar-refractivity contribution in [3.05, 3.63) is 0 Å². The first kappa shape index (κ1) is 15.0. The summed E-state index contributed by atoms with van der Waals surface area (Å²) in [5, 5.41) is 2.76. The largest absolute Gasteiger partial charge is 0.467 e. The quantitative estimate of drug-likeness (QED) is 0.730. The Morgan fingerprint density at radius 1 is 1.28 bits per heavy atom. The molecule has 3 N–H and O–H groups in total. The van der Waals surface area contributed by atoms with Crippen molar-refractivity contribution in [2.75, 3.05) is 13.7 Å². The molecular formula is C13H24N2O3. The Morgan fingerprint density at radius 2 is 1.83 bits per heavy atom. The van der Waals surface area contributed by atoms with Gasteiger partial charge in [0.2, 0.25) is 5.91 Å². The number of ether oxygens (including phenoxy) is 1. The van der Waals surface area contributed by atoms with E-state index in [0.29, 0.717) is 12.5 Å². The van der Waals surface area contributed by atoms with Gasteiger partial charge >= 0.3 is 5.97 Å². The second-order valence-corrected chi connectivity index (χ2v) is 5.56. The molecule has 1 amide bonds. The number of amides is 1. The first-order valence-corrected chi connectivity index (χ1v) is 6.51. The Morgan fingerprint density at radius 3 is 2.28 bits per heavy atom. The van der Waals surface area contributed by atoms with Crippen LogP contribution in [0.1, 0.15) is 39.5 Å². The lowest BCUT2D eigenvalue weighted by atomic mass is 9.81. The summed E-state index contributed by atoms with van der Waals surface area (Å²) in [7, 11) is 1.32. The molecule has 1 aliphatic rings. The summed E-state index contributed by atoms with van der Waals surface area (Å²) < 4.78 is 4.67. The Labute approximate surface area is 108 Å². The van der Waals surface area contributed by atoms with Crippen LogP contribution in [-0.2, 0) is 14.3 Å². The third kappa shape index (κ3) is 3.70. The van der Waals surface area contributed by atoms with Crippen LogP contribution in [0.2, 0.25) is 0 Å². The van der Waals surface area contributed by atoms with E-state index in [4.69, 9.17) is 5.73 Å². The standard InChI is InChI=1S/C13H24N2O3/c1-13(2,12(17)18-3)15-11(16)10-6-4-9(8-14)5-7-10/h9-10H,4-8,14H2,1-3H3,(H,15,16). The monoisotopic (exact) mass is 256 g/mol. The minimum Gasteiger partial charge on any atom is -0.467 e. The van der Waals surface area contributed by atoms with Crippen molar-refractivity contribution >= 4 is 11.9 Å². The van der Waals surface area contributed by atoms with Crippen molar-refractivity contribution in [3.63, 3.8) is 0 Å². The van der Waals surface area contributed by atoms with Crippen LogP contribution in [0, 0.1) is 11.8 Å². The van der Waals surface area contributed by atoms with E-state index in [-0.39, 0.29) is 11.8 Å². The van der Waals surface area contributed by atoms with Crippen molar-refractivity contribution in [1.29, 1.82) is 0 Å². The fraction of sp³-hybridized carbons (Fsp3) is 0.846. The highest BCUT2D eigenvalue weighted by atomic mass is 16.5. The molecule has 0 heterocycles. The van der Waals surface area contributed by atoms with Crippen molar-refractivity contribution in [2.45, 2.75) is 45.1 Å². The van der Waals surface area contributed by atoms with Crippen LogP contribution in [0.5, 0.6) is 0 Å². The lowest BCUT2D eigenvalue weighted by Gasteiger charge is -2.30. The first-order valence-electron chi connectivity index (χ1n) is 6.51. The summed E-state index contributed by atoms with van der Waals surface area (Å²) >= 11 is 0. The molecule has 0 aromatic heterocycles. The van der Waals surface area contributed by atoms with E-state index in [9.17, 15) is 9.59 Å². The number of methoxy groups -OCH3 is 1. The van der Waals surface area contributed by atoms with Gasteiger partial charge in [0.1, 0.15) is 5.54 Å². The minimum absolute atomic E-state index is 0.00303. The third-order valence-electron chi connectivity index (χ3n) is 3.68. The van der Waals surface area contributed by atoms with Crippen molar-refractivity contribution < 1.29 is 14.3 Å². The van der Waals surface area contributed by atoms with Gasteiger partial charge in [0.05, 0.1) is 7.11 Å². The van der Waals surface area contributed by atoms with Crippen LogP contribution in [0.3, 0.4) is 0 Å². The summed E-state index contributed by atoms with van der Waals surface area (Å²) in [5.41, 5.74) is 4.66. The second kappa shape index (κ2) is 6.18. The maximum Gasteiger partial charge on any atom is 0.330 e. The predicted molar refractivity (Wildman–Crippen MR) is 68.7 cm³/mol. The molecule has 18 heavy (non-hydrogen) atoms. The molecule has 0 unspecified atom stereocenters. The molecule has 104 valence electrons. The number of rotatable bonds is 4. The van der Waals surface area contributed by atoms with Gasteiger partial charge in [0.25, 0.3) is 0 Å². The minimum atomic E-state index is -0.962. The van der Waals surface area contributed by atoms with Crippen LogP contribution in [0.15, 0.2) is 0 Å². The molecule has 0 atom stereocenters. The summed E-state index contributed by atoms with van der Waals surface area (Å²) in [6.07, 6.45) is 3.69. The molecule has 0 radical (unpaired) electrons. The van der Waals surface area contributed by atoms with Gasteiger partial charge in [0.15, 0.2) is 0 Å². The molecule has 5 heteroatoms. The molecule has 1 saturated carbocycles. The van der Waals surface area contributed by atoms with Gasteiger partial charge in [-0.1, -0.05) is 0 Å². The van der Waals surface area contributed by atoms with Gasteiger partial charge in [-0.15, -0.1) is 0 Å². The maximum absolute atomic E-state index is 12.1. The Hall–Kier alpha value is -1.10. The smallest absolute Gasteiger partial charge is 0.330 e. The van der Waals surface area contributed by atoms with Crippen molar-refractivity contribution in [3.8, 4) is 0 Å². The highest BCUT2D eigenvalue weighted by molar-refractivity contribution is 5.88. The molecule has 1 aliphatic carbocycles. The molecule has 5 nitrogen and oxygen atoms in total. The zero-order valence-corrected chi connectivity index (χ0v) is 11.5. The lowest BCUT2D eigenvalue weighted by Crippen LogP contribution is -2.52. The number of carbonyl (C=O) groups is 2. The normalized spacial score (nSPS) is 24.4. The van der Waals surface area contributed by atoms with Crippen LogP contribution < -0.4 is 11.1 Å². The van der Waals surface area contributed by atoms with E-state index in [0.717, 1.165) is 25.7 Å². The Kier molecular flexibility index (Phi) is 5.14. The van der Waals surface area contributed by atoms with Gasteiger partial charge in [0, 0.05) is 5.92 Å². The van der Waals surface area contributed by atoms with E-state index in [1.807, 2.05) is 0 Å². The summed E-state index contributed by atoms with van der Waals surface area (Å²) in [6, 6.07) is 0. The molecule has 0 bridgehead atoms. The van der Waals surface area contributed by atoms with Gasteiger partial charge in [-0.25, -0.2) is 4.79 Å². The molecule has 1 fully saturated rings. The number of nitrogens with two attached hydrogens (primary N) is 1. The van der Waals surface area contributed by atoms with Crippen LogP contribution in [-0.4, -0.2) is 31.1 Å². The van der Waals surface area contributed by atoms with Crippen LogP contribution >= 0.6 is 0 Å². The van der Waals surface area contributed by atoms with E-state index in [1.54, 1.807) is 13.8 Å². The summed E-state index contributed by atoms with van der Waals surface area (Å²) in [6.45, 7) is 4.01. The van der Waals surface area contributed by atoms with E-state index < -0.39 is 11.5 Å². The lowest BCUT2D eigenvalue weighted by molar-refractivity contribution is -0.150. The Bertz CT molecular complexity index is 307. The molecule has 0 aliphatic heterocycles. The molecule has 1 rings (SSSR count). The molecular weight excluding hydrogens is 232 g/mol. The van der Waals surface area contributed by atoms with Crippen molar-refractivity contribution in [1.82, 2.24) is 5.32 Å². The average Bonchev–Trinajstić information content (AvgIpc) is 2.37. The average molecular weight is 256 g/mol. The number of esters is 1. The number of hydrogen-bond donors (Lipinski definition) is 2. The topological polar surface area (TPSA) is 81.4 Å². The van der Waals surface area contributed by atoms with E-state index in [2.05, 4.69) is 10.1 Å². The van der Waals surface area contributed by atoms with Crippen molar-refractivity contribution in [2.24, 2.45) is 17.6 Å². The van der Waals surface area contributed by atoms with Crippen LogP contribution in [0.4, 0.5) is 0 Å². The fourth-order valence-corrected chi connectivity index (χ4v) is 2.38. The number of nitrogens with one attached hydrogen (secondary N) is 1. The molecule has 0 aromatic carbocycles. The van der Waals surface area contributed by atoms with E-state index >= 15 is 0 Å². The molecule has 0 saturated heterocycles. The zero-order valence-electron chi connectivity index (χ0n) is 11.5. The SMILES string of the molecule is COC(=O)C(C)(C)NC(=O)C1CCC(CN)CC1. The Balaban J connectivity index is 2.49.